The molecule has 0 radical (unpaired) electrons. The highest BCUT2D eigenvalue weighted by atomic mass is 32.2. The zero-order valence-corrected chi connectivity index (χ0v) is 12.2. The third-order valence-electron chi connectivity index (χ3n) is 3.25. The second-order valence-corrected chi connectivity index (χ2v) is 6.71. The maximum Gasteiger partial charge on any atom is 0.243 e. The molecule has 0 bridgehead atoms. The predicted octanol–water partition coefficient (Wildman–Crippen LogP) is 1.78. The first kappa shape index (κ1) is 13.7. The van der Waals surface area contributed by atoms with E-state index in [1.165, 1.54) is 4.31 Å². The van der Waals surface area contributed by atoms with Crippen LogP contribution >= 0.6 is 0 Å². The van der Waals surface area contributed by atoms with Crippen LogP contribution in [0.3, 0.4) is 0 Å². The smallest absolute Gasteiger partial charge is 0.243 e. The second kappa shape index (κ2) is 5.27. The predicted molar refractivity (Wildman–Crippen MR) is 79.0 cm³/mol. The molecule has 2 heterocycles. The number of H-pyrrole nitrogens is 1. The molecular weight excluding hydrogens is 288 g/mol. The number of hydrogen-bond donors (Lipinski definition) is 1. The number of fused-ring (bicyclic) bond motifs is 1. The quantitative estimate of drug-likeness (QED) is 0.796. The summed E-state index contributed by atoms with van der Waals surface area (Å²) in [5.74, 6) is 0. The molecule has 0 fully saturated rings. The lowest BCUT2D eigenvalue weighted by Gasteiger charge is -2.17. The van der Waals surface area contributed by atoms with Gasteiger partial charge in [-0.3, -0.25) is 10.1 Å². The summed E-state index contributed by atoms with van der Waals surface area (Å²) >= 11 is 0. The van der Waals surface area contributed by atoms with Crippen molar-refractivity contribution in [3.8, 4) is 0 Å². The Labute approximate surface area is 122 Å². The van der Waals surface area contributed by atoms with E-state index in [1.54, 1.807) is 56.0 Å². The van der Waals surface area contributed by atoms with Crippen LogP contribution in [0.2, 0.25) is 0 Å². The van der Waals surface area contributed by atoms with Crippen molar-refractivity contribution in [1.29, 1.82) is 0 Å². The van der Waals surface area contributed by atoms with Crippen LogP contribution in [0, 0.1) is 0 Å². The molecule has 0 aliphatic rings. The van der Waals surface area contributed by atoms with Gasteiger partial charge in [-0.15, -0.1) is 0 Å². The number of hydrogen-bond acceptors (Lipinski definition) is 4. The van der Waals surface area contributed by atoms with E-state index >= 15 is 0 Å². The van der Waals surface area contributed by atoms with E-state index < -0.39 is 10.0 Å². The average molecular weight is 302 g/mol. The van der Waals surface area contributed by atoms with E-state index in [0.717, 1.165) is 5.56 Å². The van der Waals surface area contributed by atoms with Gasteiger partial charge in [0.05, 0.1) is 16.6 Å². The highest BCUT2D eigenvalue weighted by Crippen LogP contribution is 2.24. The Balaban J connectivity index is 2.04. The van der Waals surface area contributed by atoms with Crippen LogP contribution in [0.5, 0.6) is 0 Å². The number of rotatable bonds is 4. The van der Waals surface area contributed by atoms with Gasteiger partial charge >= 0.3 is 0 Å². The molecule has 0 saturated carbocycles. The molecule has 0 aliphatic carbocycles. The van der Waals surface area contributed by atoms with Gasteiger partial charge in [0.1, 0.15) is 0 Å². The summed E-state index contributed by atoms with van der Waals surface area (Å²) in [6.07, 6.45) is 4.93. The monoisotopic (exact) mass is 302 g/mol. The first-order valence-electron chi connectivity index (χ1n) is 6.37. The molecule has 1 aromatic carbocycles. The zero-order chi connectivity index (χ0) is 14.9. The van der Waals surface area contributed by atoms with Crippen LogP contribution in [0.4, 0.5) is 0 Å². The minimum absolute atomic E-state index is 0.259. The van der Waals surface area contributed by atoms with Gasteiger partial charge < -0.3 is 0 Å². The first-order chi connectivity index (χ1) is 10.1. The molecule has 21 heavy (non-hydrogen) atoms. The van der Waals surface area contributed by atoms with Gasteiger partial charge in [-0.1, -0.05) is 6.07 Å². The Morgan fingerprint density at radius 3 is 2.86 bits per heavy atom. The topological polar surface area (TPSA) is 79.0 Å². The van der Waals surface area contributed by atoms with Crippen molar-refractivity contribution >= 4 is 20.9 Å². The molecule has 0 saturated heterocycles. The summed E-state index contributed by atoms with van der Waals surface area (Å²) in [5.41, 5.74) is 1.47. The average Bonchev–Trinajstić information content (AvgIpc) is 2.99. The SMILES string of the molecule is CN(Cc1cn[nH]c1)S(=O)(=O)c1cccc2ncccc12. The molecule has 6 nitrogen and oxygen atoms in total. The minimum atomic E-state index is -3.59. The van der Waals surface area contributed by atoms with Crippen molar-refractivity contribution in [2.45, 2.75) is 11.4 Å². The fraction of sp³-hybridized carbons (Fsp3) is 0.143. The van der Waals surface area contributed by atoms with Crippen LogP contribution in [0.15, 0.2) is 53.8 Å². The van der Waals surface area contributed by atoms with Gasteiger partial charge in [0, 0.05) is 36.9 Å². The minimum Gasteiger partial charge on any atom is -0.285 e. The van der Waals surface area contributed by atoms with Crippen molar-refractivity contribution in [3.63, 3.8) is 0 Å². The second-order valence-electron chi connectivity index (χ2n) is 4.69. The van der Waals surface area contributed by atoms with Gasteiger partial charge in [0.15, 0.2) is 0 Å². The molecule has 0 atom stereocenters. The Kier molecular flexibility index (Phi) is 3.44. The van der Waals surface area contributed by atoms with Crippen LogP contribution in [0.1, 0.15) is 5.56 Å². The highest BCUT2D eigenvalue weighted by molar-refractivity contribution is 7.89. The van der Waals surface area contributed by atoms with Crippen LogP contribution in [-0.4, -0.2) is 35.0 Å². The van der Waals surface area contributed by atoms with Crippen molar-refractivity contribution in [3.05, 3.63) is 54.5 Å². The number of sulfonamides is 1. The third-order valence-corrected chi connectivity index (χ3v) is 5.12. The normalized spacial score (nSPS) is 12.1. The molecule has 108 valence electrons. The molecule has 2 aromatic heterocycles. The van der Waals surface area contributed by atoms with Gasteiger partial charge in [-0.25, -0.2) is 8.42 Å². The number of aromatic amines is 1. The molecule has 3 rings (SSSR count). The summed E-state index contributed by atoms with van der Waals surface area (Å²) in [4.78, 5) is 4.46. The fourth-order valence-electron chi connectivity index (χ4n) is 2.17. The molecule has 0 spiro atoms. The molecule has 0 aliphatic heterocycles. The fourth-order valence-corrected chi connectivity index (χ4v) is 3.53. The lowest BCUT2D eigenvalue weighted by atomic mass is 10.2. The number of nitrogens with one attached hydrogen (secondary N) is 1. The molecule has 1 N–H and O–H groups in total. The molecule has 0 amide bonds. The standard InChI is InChI=1S/C14H14N4O2S/c1-18(10-11-8-16-17-9-11)21(19,20)14-6-2-5-13-12(14)4-3-7-15-13/h2-9H,10H2,1H3,(H,16,17). The van der Waals surface area contributed by atoms with Gasteiger partial charge in [0.25, 0.3) is 0 Å². The van der Waals surface area contributed by atoms with Gasteiger partial charge in [0.2, 0.25) is 10.0 Å². The van der Waals surface area contributed by atoms with Crippen LogP contribution in [-0.2, 0) is 16.6 Å². The van der Waals surface area contributed by atoms with E-state index in [2.05, 4.69) is 15.2 Å². The van der Waals surface area contributed by atoms with Gasteiger partial charge in [-0.2, -0.15) is 9.40 Å². The van der Waals surface area contributed by atoms with Crippen molar-refractivity contribution in [1.82, 2.24) is 19.5 Å². The molecule has 7 heteroatoms. The number of aromatic nitrogens is 3. The number of pyridine rings is 1. The van der Waals surface area contributed by atoms with E-state index in [0.29, 0.717) is 10.9 Å². The van der Waals surface area contributed by atoms with E-state index in [9.17, 15) is 8.42 Å². The highest BCUT2D eigenvalue weighted by Gasteiger charge is 2.23. The lowest BCUT2D eigenvalue weighted by molar-refractivity contribution is 0.467. The summed E-state index contributed by atoms with van der Waals surface area (Å²) in [6.45, 7) is 0.259. The summed E-state index contributed by atoms with van der Waals surface area (Å²) in [7, 11) is -2.04. The van der Waals surface area contributed by atoms with Crippen LogP contribution in [0.25, 0.3) is 10.9 Å². The largest absolute Gasteiger partial charge is 0.285 e. The molecule has 3 aromatic rings. The van der Waals surface area contributed by atoms with E-state index in [-0.39, 0.29) is 11.4 Å². The third kappa shape index (κ3) is 2.53. The summed E-state index contributed by atoms with van der Waals surface area (Å²) < 4.78 is 26.8. The Morgan fingerprint density at radius 2 is 2.10 bits per heavy atom. The Hall–Kier alpha value is -2.25. The maximum absolute atomic E-state index is 12.7. The van der Waals surface area contributed by atoms with Crippen molar-refractivity contribution < 1.29 is 8.42 Å². The summed E-state index contributed by atoms with van der Waals surface area (Å²) in [6, 6.07) is 8.60. The van der Waals surface area contributed by atoms with E-state index in [1.807, 2.05) is 0 Å². The molecular formula is C14H14N4O2S. The van der Waals surface area contributed by atoms with Crippen LogP contribution < -0.4 is 0 Å². The van der Waals surface area contributed by atoms with E-state index in [4.69, 9.17) is 0 Å². The Morgan fingerprint density at radius 1 is 1.24 bits per heavy atom. The number of nitrogens with zero attached hydrogens (tertiary/aromatic N) is 3. The first-order valence-corrected chi connectivity index (χ1v) is 7.81. The number of benzene rings is 1. The lowest BCUT2D eigenvalue weighted by Crippen LogP contribution is -2.26. The maximum atomic E-state index is 12.7. The van der Waals surface area contributed by atoms with Crippen molar-refractivity contribution in [2.24, 2.45) is 0 Å². The molecule has 0 unspecified atom stereocenters. The Bertz CT molecular complexity index is 854. The van der Waals surface area contributed by atoms with Gasteiger partial charge in [-0.05, 0) is 24.3 Å². The zero-order valence-electron chi connectivity index (χ0n) is 11.4. The van der Waals surface area contributed by atoms with Crippen molar-refractivity contribution in [2.75, 3.05) is 7.05 Å². The summed E-state index contributed by atoms with van der Waals surface area (Å²) in [5, 5.41) is 7.12.